The molecule has 1 aliphatic rings. The number of aryl methyl sites for hydroxylation is 1. The van der Waals surface area contributed by atoms with Gasteiger partial charge in [-0.25, -0.2) is 0 Å². The van der Waals surface area contributed by atoms with E-state index in [1.54, 1.807) is 0 Å². The van der Waals surface area contributed by atoms with Gasteiger partial charge in [0.1, 0.15) is 0 Å². The molecule has 0 radical (unpaired) electrons. The second-order valence-corrected chi connectivity index (χ2v) is 4.94. The summed E-state index contributed by atoms with van der Waals surface area (Å²) in [6, 6.07) is 8.76. The molecule has 106 valence electrons. The van der Waals surface area contributed by atoms with Crippen molar-refractivity contribution in [3.05, 3.63) is 35.4 Å². The van der Waals surface area contributed by atoms with E-state index in [2.05, 4.69) is 29.7 Å². The predicted octanol–water partition coefficient (Wildman–Crippen LogP) is 2.08. The van der Waals surface area contributed by atoms with Crippen molar-refractivity contribution in [3.63, 3.8) is 0 Å². The summed E-state index contributed by atoms with van der Waals surface area (Å²) in [5, 5.41) is 6.38. The van der Waals surface area contributed by atoms with Gasteiger partial charge in [-0.2, -0.15) is 0 Å². The maximum atomic E-state index is 11.8. The van der Waals surface area contributed by atoms with E-state index in [0.717, 1.165) is 25.1 Å². The lowest BCUT2D eigenvalue weighted by Gasteiger charge is -2.11. The Balaban J connectivity index is 0.00000180. The van der Waals surface area contributed by atoms with Crippen molar-refractivity contribution in [1.82, 2.24) is 10.6 Å². The average molecular weight is 283 g/mol. The summed E-state index contributed by atoms with van der Waals surface area (Å²) in [5.41, 5.74) is 2.40. The molecule has 0 bridgehead atoms. The standard InChI is InChI=1S/C15H22N2O.ClH/c1-2-12-5-7-13(8-6-12)10-15(18)17-11-14-4-3-9-16-14;/h5-8,14,16H,2-4,9-11H2,1H3,(H,17,18);1H. The Morgan fingerprint density at radius 1 is 1.32 bits per heavy atom. The van der Waals surface area contributed by atoms with Crippen LogP contribution in [-0.4, -0.2) is 25.0 Å². The number of hydrogen-bond donors (Lipinski definition) is 2. The van der Waals surface area contributed by atoms with Gasteiger partial charge in [-0.3, -0.25) is 4.79 Å². The van der Waals surface area contributed by atoms with Crippen LogP contribution < -0.4 is 10.6 Å². The number of nitrogens with one attached hydrogen (secondary N) is 2. The fraction of sp³-hybridized carbons (Fsp3) is 0.533. The topological polar surface area (TPSA) is 41.1 Å². The minimum Gasteiger partial charge on any atom is -0.354 e. The molecule has 1 amide bonds. The number of carbonyl (C=O) groups is 1. The molecule has 3 nitrogen and oxygen atoms in total. The van der Waals surface area contributed by atoms with Crippen LogP contribution >= 0.6 is 12.4 Å². The first-order valence-corrected chi connectivity index (χ1v) is 6.86. The maximum absolute atomic E-state index is 11.8. The van der Waals surface area contributed by atoms with E-state index in [4.69, 9.17) is 0 Å². The molecule has 0 aliphatic carbocycles. The van der Waals surface area contributed by atoms with E-state index >= 15 is 0 Å². The first kappa shape index (κ1) is 16.0. The van der Waals surface area contributed by atoms with Gasteiger partial charge in [0.15, 0.2) is 0 Å². The third kappa shape index (κ3) is 5.21. The van der Waals surface area contributed by atoms with Crippen LogP contribution in [0.4, 0.5) is 0 Å². The van der Waals surface area contributed by atoms with Crippen LogP contribution in [0.25, 0.3) is 0 Å². The molecular weight excluding hydrogens is 260 g/mol. The molecular formula is C15H23ClN2O. The maximum Gasteiger partial charge on any atom is 0.224 e. The number of halogens is 1. The molecule has 1 aliphatic heterocycles. The van der Waals surface area contributed by atoms with Crippen molar-refractivity contribution in [2.45, 2.75) is 38.6 Å². The highest BCUT2D eigenvalue weighted by Gasteiger charge is 2.14. The van der Waals surface area contributed by atoms with Crippen LogP contribution in [-0.2, 0) is 17.6 Å². The third-order valence-corrected chi connectivity index (χ3v) is 3.50. The van der Waals surface area contributed by atoms with Gasteiger partial charge in [-0.05, 0) is 36.9 Å². The van der Waals surface area contributed by atoms with Crippen LogP contribution in [0.1, 0.15) is 30.9 Å². The Morgan fingerprint density at radius 2 is 2.00 bits per heavy atom. The Hall–Kier alpha value is -1.06. The fourth-order valence-electron chi connectivity index (χ4n) is 2.31. The molecule has 1 aromatic rings. The Bertz CT molecular complexity index is 386. The molecule has 0 spiro atoms. The summed E-state index contributed by atoms with van der Waals surface area (Å²) in [7, 11) is 0. The van der Waals surface area contributed by atoms with Gasteiger partial charge >= 0.3 is 0 Å². The summed E-state index contributed by atoms with van der Waals surface area (Å²) in [4.78, 5) is 11.8. The highest BCUT2D eigenvalue weighted by atomic mass is 35.5. The van der Waals surface area contributed by atoms with E-state index in [-0.39, 0.29) is 18.3 Å². The van der Waals surface area contributed by atoms with Crippen molar-refractivity contribution in [2.75, 3.05) is 13.1 Å². The van der Waals surface area contributed by atoms with E-state index < -0.39 is 0 Å². The molecule has 1 heterocycles. The molecule has 2 rings (SSSR count). The van der Waals surface area contributed by atoms with Gasteiger partial charge in [-0.15, -0.1) is 12.4 Å². The predicted molar refractivity (Wildman–Crippen MR) is 80.8 cm³/mol. The van der Waals surface area contributed by atoms with Gasteiger partial charge in [0.25, 0.3) is 0 Å². The zero-order valence-corrected chi connectivity index (χ0v) is 12.3. The van der Waals surface area contributed by atoms with E-state index in [9.17, 15) is 4.79 Å². The highest BCUT2D eigenvalue weighted by molar-refractivity contribution is 5.85. The van der Waals surface area contributed by atoms with Crippen molar-refractivity contribution in [3.8, 4) is 0 Å². The minimum atomic E-state index is 0. The summed E-state index contributed by atoms with van der Waals surface area (Å²) in [5.74, 6) is 0.118. The summed E-state index contributed by atoms with van der Waals surface area (Å²) >= 11 is 0. The zero-order valence-electron chi connectivity index (χ0n) is 11.4. The monoisotopic (exact) mass is 282 g/mol. The largest absolute Gasteiger partial charge is 0.354 e. The summed E-state index contributed by atoms with van der Waals surface area (Å²) < 4.78 is 0. The van der Waals surface area contributed by atoms with Crippen LogP contribution in [0.2, 0.25) is 0 Å². The fourth-order valence-corrected chi connectivity index (χ4v) is 2.31. The van der Waals surface area contributed by atoms with Crippen LogP contribution in [0.15, 0.2) is 24.3 Å². The molecule has 1 aromatic carbocycles. The molecule has 0 saturated carbocycles. The van der Waals surface area contributed by atoms with Crippen LogP contribution in [0.5, 0.6) is 0 Å². The Kier molecular flexibility index (Phi) is 6.89. The minimum absolute atomic E-state index is 0. The Labute approximate surface area is 121 Å². The average Bonchev–Trinajstić information content (AvgIpc) is 2.90. The van der Waals surface area contributed by atoms with Gasteiger partial charge < -0.3 is 10.6 Å². The van der Waals surface area contributed by atoms with E-state index in [1.807, 2.05) is 12.1 Å². The summed E-state index contributed by atoms with van der Waals surface area (Å²) in [6.45, 7) is 3.97. The molecule has 4 heteroatoms. The van der Waals surface area contributed by atoms with Crippen molar-refractivity contribution in [2.24, 2.45) is 0 Å². The lowest BCUT2D eigenvalue weighted by Crippen LogP contribution is -2.37. The number of amides is 1. The smallest absolute Gasteiger partial charge is 0.224 e. The van der Waals surface area contributed by atoms with Crippen molar-refractivity contribution < 1.29 is 4.79 Å². The molecule has 19 heavy (non-hydrogen) atoms. The lowest BCUT2D eigenvalue weighted by molar-refractivity contribution is -0.120. The SMILES string of the molecule is CCc1ccc(CC(=O)NCC2CCCN2)cc1.Cl. The summed E-state index contributed by atoms with van der Waals surface area (Å²) in [6.07, 6.45) is 3.92. The number of hydrogen-bond acceptors (Lipinski definition) is 2. The molecule has 2 N–H and O–H groups in total. The highest BCUT2D eigenvalue weighted by Crippen LogP contribution is 2.06. The van der Waals surface area contributed by atoms with Crippen molar-refractivity contribution >= 4 is 18.3 Å². The van der Waals surface area contributed by atoms with Crippen LogP contribution in [0, 0.1) is 0 Å². The van der Waals surface area contributed by atoms with E-state index in [0.29, 0.717) is 12.5 Å². The molecule has 1 fully saturated rings. The molecule has 0 aromatic heterocycles. The normalized spacial score (nSPS) is 17.8. The van der Waals surface area contributed by atoms with Crippen LogP contribution in [0.3, 0.4) is 0 Å². The second-order valence-electron chi connectivity index (χ2n) is 4.94. The molecule has 1 saturated heterocycles. The first-order chi connectivity index (χ1) is 8.78. The van der Waals surface area contributed by atoms with Gasteiger partial charge in [0.2, 0.25) is 5.91 Å². The second kappa shape index (κ2) is 8.18. The quantitative estimate of drug-likeness (QED) is 0.868. The number of rotatable bonds is 5. The van der Waals surface area contributed by atoms with Gasteiger partial charge in [0, 0.05) is 12.6 Å². The third-order valence-electron chi connectivity index (χ3n) is 3.50. The molecule has 1 unspecified atom stereocenters. The first-order valence-electron chi connectivity index (χ1n) is 6.86. The Morgan fingerprint density at radius 3 is 2.58 bits per heavy atom. The van der Waals surface area contributed by atoms with Crippen molar-refractivity contribution in [1.29, 1.82) is 0 Å². The van der Waals surface area contributed by atoms with Gasteiger partial charge in [0.05, 0.1) is 6.42 Å². The number of benzene rings is 1. The number of carbonyl (C=O) groups excluding carboxylic acids is 1. The van der Waals surface area contributed by atoms with E-state index in [1.165, 1.54) is 18.4 Å². The van der Waals surface area contributed by atoms with Gasteiger partial charge in [-0.1, -0.05) is 31.2 Å². The molecule has 1 atom stereocenters. The zero-order chi connectivity index (χ0) is 12.8. The lowest BCUT2D eigenvalue weighted by atomic mass is 10.1.